The van der Waals surface area contributed by atoms with Crippen molar-refractivity contribution in [2.75, 3.05) is 0 Å². The Morgan fingerprint density at radius 3 is 3.16 bits per heavy atom. The summed E-state index contributed by atoms with van der Waals surface area (Å²) in [7, 11) is 0. The monoisotopic (exact) mass is 276 g/mol. The quantitative estimate of drug-likeness (QED) is 0.933. The van der Waals surface area contributed by atoms with Crippen molar-refractivity contribution in [1.82, 2.24) is 20.1 Å². The molecule has 1 atom stereocenters. The second kappa shape index (κ2) is 5.84. The van der Waals surface area contributed by atoms with Gasteiger partial charge in [0.25, 0.3) is 0 Å². The summed E-state index contributed by atoms with van der Waals surface area (Å²) < 4.78 is 2.32. The molecule has 0 fully saturated rings. The number of nitrogens with one attached hydrogen (secondary N) is 1. The molecular formula is C14H20N4S. The van der Waals surface area contributed by atoms with Gasteiger partial charge < -0.3 is 9.88 Å². The second-order valence-corrected chi connectivity index (χ2v) is 5.95. The SMILES string of the molecule is CC(NCc1ccsc1)c1nnc2n1CCCCC2. The van der Waals surface area contributed by atoms with Gasteiger partial charge in [0.05, 0.1) is 6.04 Å². The number of hydrogen-bond donors (Lipinski definition) is 1. The third-order valence-electron chi connectivity index (χ3n) is 3.72. The van der Waals surface area contributed by atoms with Crippen LogP contribution in [0.25, 0.3) is 0 Å². The lowest BCUT2D eigenvalue weighted by Crippen LogP contribution is -2.22. The molecular weight excluding hydrogens is 256 g/mol. The van der Waals surface area contributed by atoms with Crippen LogP contribution in [0, 0.1) is 0 Å². The predicted molar refractivity (Wildman–Crippen MR) is 77.2 cm³/mol. The highest BCUT2D eigenvalue weighted by Gasteiger charge is 2.18. The Balaban J connectivity index is 1.69. The van der Waals surface area contributed by atoms with Gasteiger partial charge >= 0.3 is 0 Å². The number of rotatable bonds is 4. The van der Waals surface area contributed by atoms with E-state index >= 15 is 0 Å². The molecule has 102 valence electrons. The van der Waals surface area contributed by atoms with E-state index in [4.69, 9.17) is 0 Å². The Bertz CT molecular complexity index is 518. The average molecular weight is 276 g/mol. The van der Waals surface area contributed by atoms with Crippen molar-refractivity contribution >= 4 is 11.3 Å². The van der Waals surface area contributed by atoms with Crippen LogP contribution in [0.3, 0.4) is 0 Å². The molecule has 0 saturated carbocycles. The molecule has 1 aliphatic rings. The van der Waals surface area contributed by atoms with Crippen LogP contribution in [0.5, 0.6) is 0 Å². The van der Waals surface area contributed by atoms with Crippen LogP contribution in [-0.4, -0.2) is 14.8 Å². The summed E-state index contributed by atoms with van der Waals surface area (Å²) in [5.41, 5.74) is 1.34. The topological polar surface area (TPSA) is 42.7 Å². The van der Waals surface area contributed by atoms with Crippen LogP contribution in [0.2, 0.25) is 0 Å². The highest BCUT2D eigenvalue weighted by Crippen LogP contribution is 2.19. The van der Waals surface area contributed by atoms with E-state index < -0.39 is 0 Å². The fourth-order valence-corrected chi connectivity index (χ4v) is 3.25. The van der Waals surface area contributed by atoms with Crippen molar-refractivity contribution in [2.24, 2.45) is 0 Å². The molecule has 2 aromatic rings. The first kappa shape index (κ1) is 12.8. The van der Waals surface area contributed by atoms with Gasteiger partial charge in [-0.25, -0.2) is 0 Å². The Labute approximate surface area is 117 Å². The lowest BCUT2D eigenvalue weighted by atomic mass is 10.2. The maximum atomic E-state index is 4.39. The number of fused-ring (bicyclic) bond motifs is 1. The molecule has 3 heterocycles. The molecule has 4 nitrogen and oxygen atoms in total. The van der Waals surface area contributed by atoms with Gasteiger partial charge in [-0.15, -0.1) is 10.2 Å². The molecule has 0 aromatic carbocycles. The number of aryl methyl sites for hydroxylation is 1. The molecule has 1 N–H and O–H groups in total. The maximum Gasteiger partial charge on any atom is 0.149 e. The van der Waals surface area contributed by atoms with Gasteiger partial charge in [0, 0.05) is 19.5 Å². The standard InChI is InChI=1S/C14H20N4S/c1-11(15-9-12-6-8-19-10-12)14-17-16-13-5-3-2-4-7-18(13)14/h6,8,10-11,15H,2-5,7,9H2,1H3. The van der Waals surface area contributed by atoms with Crippen molar-refractivity contribution < 1.29 is 0 Å². The van der Waals surface area contributed by atoms with E-state index in [9.17, 15) is 0 Å². The lowest BCUT2D eigenvalue weighted by molar-refractivity contribution is 0.502. The zero-order chi connectivity index (χ0) is 13.1. The Kier molecular flexibility index (Phi) is 3.94. The molecule has 0 spiro atoms. The third-order valence-corrected chi connectivity index (χ3v) is 4.45. The first-order chi connectivity index (χ1) is 9.34. The van der Waals surface area contributed by atoms with Crippen LogP contribution >= 0.6 is 11.3 Å². The number of hydrogen-bond acceptors (Lipinski definition) is 4. The molecule has 1 unspecified atom stereocenters. The minimum Gasteiger partial charge on any atom is -0.314 e. The van der Waals surface area contributed by atoms with Crippen LogP contribution in [-0.2, 0) is 19.5 Å². The van der Waals surface area contributed by atoms with E-state index in [0.717, 1.165) is 31.2 Å². The van der Waals surface area contributed by atoms with Crippen molar-refractivity contribution in [3.8, 4) is 0 Å². The van der Waals surface area contributed by atoms with Crippen LogP contribution in [0.4, 0.5) is 0 Å². The maximum absolute atomic E-state index is 4.39. The smallest absolute Gasteiger partial charge is 0.149 e. The fraction of sp³-hybridized carbons (Fsp3) is 0.571. The molecule has 0 amide bonds. The summed E-state index contributed by atoms with van der Waals surface area (Å²) in [4.78, 5) is 0. The fourth-order valence-electron chi connectivity index (χ4n) is 2.58. The van der Waals surface area contributed by atoms with Gasteiger partial charge in [-0.1, -0.05) is 6.42 Å². The van der Waals surface area contributed by atoms with E-state index in [1.807, 2.05) is 0 Å². The van der Waals surface area contributed by atoms with Crippen LogP contribution < -0.4 is 5.32 Å². The molecule has 0 radical (unpaired) electrons. The van der Waals surface area contributed by atoms with E-state index in [-0.39, 0.29) is 6.04 Å². The van der Waals surface area contributed by atoms with Gasteiger partial charge in [-0.2, -0.15) is 11.3 Å². The molecule has 3 rings (SSSR count). The van der Waals surface area contributed by atoms with E-state index in [1.165, 1.54) is 24.8 Å². The average Bonchev–Trinajstić information content (AvgIpc) is 3.02. The largest absolute Gasteiger partial charge is 0.314 e. The number of aromatic nitrogens is 3. The normalized spacial score (nSPS) is 16.9. The van der Waals surface area contributed by atoms with Crippen LogP contribution in [0.15, 0.2) is 16.8 Å². The lowest BCUT2D eigenvalue weighted by Gasteiger charge is -2.14. The predicted octanol–water partition coefficient (Wildman–Crippen LogP) is 2.92. The summed E-state index contributed by atoms with van der Waals surface area (Å²) in [6, 6.07) is 2.41. The summed E-state index contributed by atoms with van der Waals surface area (Å²) >= 11 is 1.74. The Morgan fingerprint density at radius 1 is 1.37 bits per heavy atom. The highest BCUT2D eigenvalue weighted by atomic mass is 32.1. The molecule has 1 aliphatic heterocycles. The molecule has 5 heteroatoms. The van der Waals surface area contributed by atoms with Crippen molar-refractivity contribution in [3.63, 3.8) is 0 Å². The first-order valence-electron chi connectivity index (χ1n) is 7.01. The van der Waals surface area contributed by atoms with Gasteiger partial charge in [0.2, 0.25) is 0 Å². The summed E-state index contributed by atoms with van der Waals surface area (Å²) in [5, 5.41) is 16.6. The van der Waals surface area contributed by atoms with E-state index in [0.29, 0.717) is 0 Å². The minimum absolute atomic E-state index is 0.249. The van der Waals surface area contributed by atoms with Crippen molar-refractivity contribution in [2.45, 2.75) is 51.7 Å². The van der Waals surface area contributed by atoms with E-state index in [1.54, 1.807) is 11.3 Å². The zero-order valence-corrected chi connectivity index (χ0v) is 12.1. The van der Waals surface area contributed by atoms with Gasteiger partial charge in [-0.05, 0) is 42.2 Å². The zero-order valence-electron chi connectivity index (χ0n) is 11.3. The molecule has 0 saturated heterocycles. The third kappa shape index (κ3) is 2.87. The van der Waals surface area contributed by atoms with E-state index in [2.05, 4.69) is 43.8 Å². The van der Waals surface area contributed by atoms with Gasteiger partial charge in [-0.3, -0.25) is 0 Å². The molecule has 0 bridgehead atoms. The van der Waals surface area contributed by atoms with Crippen LogP contribution in [0.1, 0.15) is 49.4 Å². The molecule has 2 aromatic heterocycles. The molecule has 0 aliphatic carbocycles. The highest BCUT2D eigenvalue weighted by molar-refractivity contribution is 7.07. The van der Waals surface area contributed by atoms with Crippen molar-refractivity contribution in [3.05, 3.63) is 34.0 Å². The van der Waals surface area contributed by atoms with Gasteiger partial charge in [0.15, 0.2) is 0 Å². The first-order valence-corrected chi connectivity index (χ1v) is 7.95. The minimum atomic E-state index is 0.249. The molecule has 19 heavy (non-hydrogen) atoms. The van der Waals surface area contributed by atoms with Gasteiger partial charge in [0.1, 0.15) is 11.6 Å². The Morgan fingerprint density at radius 2 is 2.32 bits per heavy atom. The summed E-state index contributed by atoms with van der Waals surface area (Å²) in [6.45, 7) is 4.14. The Hall–Kier alpha value is -1.20. The number of thiophene rings is 1. The van der Waals surface area contributed by atoms with Crippen molar-refractivity contribution in [1.29, 1.82) is 0 Å². The summed E-state index contributed by atoms with van der Waals surface area (Å²) in [6.07, 6.45) is 4.87. The summed E-state index contributed by atoms with van der Waals surface area (Å²) in [5.74, 6) is 2.25. The number of nitrogens with zero attached hydrogens (tertiary/aromatic N) is 3. The second-order valence-electron chi connectivity index (χ2n) is 5.17.